The SMILES string of the molecule is N#Cc1c(NC(=O)COC(=O)CCC(=O)c2ccc(Cl)cc2)sc2c1CCC2. The highest BCUT2D eigenvalue weighted by molar-refractivity contribution is 7.16. The molecule has 1 aromatic heterocycles. The van der Waals surface area contributed by atoms with Crippen molar-refractivity contribution in [3.63, 3.8) is 0 Å². The Morgan fingerprint density at radius 1 is 1.18 bits per heavy atom. The highest BCUT2D eigenvalue weighted by Crippen LogP contribution is 2.38. The Labute approximate surface area is 171 Å². The number of nitriles is 1. The summed E-state index contributed by atoms with van der Waals surface area (Å²) >= 11 is 7.17. The monoisotopic (exact) mass is 416 g/mol. The Hall–Kier alpha value is -2.69. The number of amides is 1. The lowest BCUT2D eigenvalue weighted by Gasteiger charge is -2.06. The Morgan fingerprint density at radius 3 is 2.64 bits per heavy atom. The number of hydrogen-bond acceptors (Lipinski definition) is 6. The van der Waals surface area contributed by atoms with Crippen LogP contribution in [-0.4, -0.2) is 24.3 Å². The van der Waals surface area contributed by atoms with Gasteiger partial charge in [-0.15, -0.1) is 11.3 Å². The number of hydrogen-bond donors (Lipinski definition) is 1. The Balaban J connectivity index is 1.45. The molecule has 0 spiro atoms. The molecule has 0 saturated carbocycles. The fourth-order valence-corrected chi connectivity index (χ4v) is 4.37. The maximum Gasteiger partial charge on any atom is 0.306 e. The minimum atomic E-state index is -0.633. The molecule has 0 saturated heterocycles. The number of nitrogens with one attached hydrogen (secondary N) is 1. The first-order valence-corrected chi connectivity index (χ1v) is 9.96. The summed E-state index contributed by atoms with van der Waals surface area (Å²) in [6.45, 7) is -0.457. The van der Waals surface area contributed by atoms with Gasteiger partial charge in [0.2, 0.25) is 0 Å². The van der Waals surface area contributed by atoms with Crippen molar-refractivity contribution in [1.82, 2.24) is 0 Å². The van der Waals surface area contributed by atoms with Crippen LogP contribution in [0.3, 0.4) is 0 Å². The van der Waals surface area contributed by atoms with E-state index in [2.05, 4.69) is 11.4 Å². The number of thiophene rings is 1. The molecule has 1 aromatic carbocycles. The number of anilines is 1. The van der Waals surface area contributed by atoms with E-state index in [0.29, 0.717) is 21.2 Å². The van der Waals surface area contributed by atoms with Gasteiger partial charge in [-0.2, -0.15) is 5.26 Å². The van der Waals surface area contributed by atoms with E-state index in [9.17, 15) is 19.6 Å². The first-order valence-electron chi connectivity index (χ1n) is 8.77. The molecule has 1 aliphatic rings. The second-order valence-electron chi connectivity index (χ2n) is 6.31. The van der Waals surface area contributed by atoms with Crippen molar-refractivity contribution in [2.24, 2.45) is 0 Å². The fraction of sp³-hybridized carbons (Fsp3) is 0.300. The summed E-state index contributed by atoms with van der Waals surface area (Å²) in [7, 11) is 0. The van der Waals surface area contributed by atoms with E-state index in [1.165, 1.54) is 11.3 Å². The van der Waals surface area contributed by atoms with E-state index in [1.54, 1.807) is 24.3 Å². The quantitative estimate of drug-likeness (QED) is 0.545. The molecule has 3 rings (SSSR count). The minimum Gasteiger partial charge on any atom is -0.456 e. The largest absolute Gasteiger partial charge is 0.456 e. The maximum absolute atomic E-state index is 12.0. The highest BCUT2D eigenvalue weighted by atomic mass is 35.5. The molecular weight excluding hydrogens is 400 g/mol. The number of fused-ring (bicyclic) bond motifs is 1. The van der Waals surface area contributed by atoms with Crippen molar-refractivity contribution in [1.29, 1.82) is 5.26 Å². The van der Waals surface area contributed by atoms with Crippen LogP contribution in [0.1, 0.15) is 45.6 Å². The molecule has 0 unspecified atom stereocenters. The standard InChI is InChI=1S/C20H17ClN2O4S/c21-13-6-4-12(5-7-13)16(24)8-9-19(26)27-11-18(25)23-20-15(10-22)14-2-1-3-17(14)28-20/h4-7H,1-3,8-9,11H2,(H,23,25). The summed E-state index contributed by atoms with van der Waals surface area (Å²) in [5.41, 5.74) is 1.98. The number of rotatable bonds is 7. The van der Waals surface area contributed by atoms with Gasteiger partial charge in [0.05, 0.1) is 12.0 Å². The molecule has 0 aliphatic heterocycles. The van der Waals surface area contributed by atoms with Crippen LogP contribution in [0.2, 0.25) is 5.02 Å². The zero-order valence-electron chi connectivity index (χ0n) is 14.9. The molecule has 0 fully saturated rings. The van der Waals surface area contributed by atoms with Gasteiger partial charge >= 0.3 is 5.97 Å². The summed E-state index contributed by atoms with van der Waals surface area (Å²) in [5.74, 6) is -1.34. The number of esters is 1. The molecule has 144 valence electrons. The third-order valence-electron chi connectivity index (χ3n) is 4.37. The molecule has 1 N–H and O–H groups in total. The van der Waals surface area contributed by atoms with Crippen LogP contribution in [0.25, 0.3) is 0 Å². The van der Waals surface area contributed by atoms with Crippen molar-refractivity contribution in [2.75, 3.05) is 11.9 Å². The van der Waals surface area contributed by atoms with Crippen LogP contribution in [0.15, 0.2) is 24.3 Å². The molecule has 0 bridgehead atoms. The topological polar surface area (TPSA) is 96.3 Å². The van der Waals surface area contributed by atoms with E-state index in [4.69, 9.17) is 16.3 Å². The fourth-order valence-electron chi connectivity index (χ4n) is 2.99. The predicted octanol–water partition coefficient (Wildman–Crippen LogP) is 3.91. The van der Waals surface area contributed by atoms with E-state index in [0.717, 1.165) is 29.7 Å². The lowest BCUT2D eigenvalue weighted by molar-refractivity contribution is -0.147. The van der Waals surface area contributed by atoms with Gasteiger partial charge in [0.25, 0.3) is 5.91 Å². The Bertz CT molecular complexity index is 960. The molecule has 1 heterocycles. The van der Waals surface area contributed by atoms with Crippen LogP contribution in [0.4, 0.5) is 5.00 Å². The third-order valence-corrected chi connectivity index (χ3v) is 5.83. The number of nitrogens with zero attached hydrogens (tertiary/aromatic N) is 1. The van der Waals surface area contributed by atoms with Crippen LogP contribution in [0, 0.1) is 11.3 Å². The lowest BCUT2D eigenvalue weighted by Crippen LogP contribution is -2.21. The van der Waals surface area contributed by atoms with Gasteiger partial charge in [0.15, 0.2) is 12.4 Å². The van der Waals surface area contributed by atoms with Crippen LogP contribution in [-0.2, 0) is 27.2 Å². The molecule has 0 radical (unpaired) electrons. The first kappa shape index (κ1) is 20.1. The van der Waals surface area contributed by atoms with Crippen molar-refractivity contribution in [3.8, 4) is 6.07 Å². The lowest BCUT2D eigenvalue weighted by atomic mass is 10.1. The third kappa shape index (κ3) is 4.77. The summed E-state index contributed by atoms with van der Waals surface area (Å²) in [4.78, 5) is 37.0. The van der Waals surface area contributed by atoms with Gasteiger partial charge in [-0.1, -0.05) is 11.6 Å². The highest BCUT2D eigenvalue weighted by Gasteiger charge is 2.23. The number of carbonyl (C=O) groups is 3. The maximum atomic E-state index is 12.0. The average Bonchev–Trinajstić information content (AvgIpc) is 3.25. The number of ketones is 1. The van der Waals surface area contributed by atoms with Crippen LogP contribution >= 0.6 is 22.9 Å². The zero-order valence-corrected chi connectivity index (χ0v) is 16.5. The summed E-state index contributed by atoms with van der Waals surface area (Å²) < 4.78 is 4.93. The van der Waals surface area contributed by atoms with E-state index >= 15 is 0 Å². The van der Waals surface area contributed by atoms with Crippen molar-refractivity contribution in [3.05, 3.63) is 50.9 Å². The van der Waals surface area contributed by atoms with E-state index < -0.39 is 18.5 Å². The number of ether oxygens (including phenoxy) is 1. The average molecular weight is 417 g/mol. The molecule has 8 heteroatoms. The molecule has 0 atom stereocenters. The van der Waals surface area contributed by atoms with Crippen molar-refractivity contribution < 1.29 is 19.1 Å². The second-order valence-corrected chi connectivity index (χ2v) is 7.85. The van der Waals surface area contributed by atoms with Gasteiger partial charge in [-0.05, 0) is 49.1 Å². The molecule has 2 aromatic rings. The van der Waals surface area contributed by atoms with Gasteiger partial charge in [-0.3, -0.25) is 14.4 Å². The summed E-state index contributed by atoms with van der Waals surface area (Å²) in [6, 6.07) is 8.53. The van der Waals surface area contributed by atoms with Gasteiger partial charge in [-0.25, -0.2) is 0 Å². The zero-order chi connectivity index (χ0) is 20.1. The molecule has 28 heavy (non-hydrogen) atoms. The molecular formula is C20H17ClN2O4S. The first-order chi connectivity index (χ1) is 13.5. The predicted molar refractivity (Wildman–Crippen MR) is 106 cm³/mol. The number of benzene rings is 1. The van der Waals surface area contributed by atoms with Crippen LogP contribution in [0.5, 0.6) is 0 Å². The molecule has 1 aliphatic carbocycles. The number of aryl methyl sites for hydroxylation is 1. The normalized spacial score (nSPS) is 12.1. The van der Waals surface area contributed by atoms with Gasteiger partial charge in [0, 0.05) is 21.9 Å². The van der Waals surface area contributed by atoms with E-state index in [-0.39, 0.29) is 18.6 Å². The second kappa shape index (κ2) is 9.00. The smallest absolute Gasteiger partial charge is 0.306 e. The van der Waals surface area contributed by atoms with E-state index in [1.807, 2.05) is 0 Å². The number of carbonyl (C=O) groups excluding carboxylic acids is 3. The summed E-state index contributed by atoms with van der Waals surface area (Å²) in [6.07, 6.45) is 2.66. The Kier molecular flexibility index (Phi) is 6.45. The minimum absolute atomic E-state index is 0.0156. The van der Waals surface area contributed by atoms with Crippen molar-refractivity contribution in [2.45, 2.75) is 32.1 Å². The number of halogens is 1. The molecule has 1 amide bonds. The Morgan fingerprint density at radius 2 is 1.93 bits per heavy atom. The van der Waals surface area contributed by atoms with Gasteiger partial charge < -0.3 is 10.1 Å². The van der Waals surface area contributed by atoms with Gasteiger partial charge in [0.1, 0.15) is 11.1 Å². The summed E-state index contributed by atoms with van der Waals surface area (Å²) in [5, 5.41) is 13.0. The van der Waals surface area contributed by atoms with Crippen molar-refractivity contribution >= 4 is 45.6 Å². The number of Topliss-reactive ketones (excluding diaryl/α,β-unsaturated/α-hetero) is 1. The van der Waals surface area contributed by atoms with Crippen LogP contribution < -0.4 is 5.32 Å². The molecule has 6 nitrogen and oxygen atoms in total.